The first-order chi connectivity index (χ1) is 12.0. The number of aliphatic imine (C=N–C) groups is 1. The summed E-state index contributed by atoms with van der Waals surface area (Å²) in [5.41, 5.74) is 2.40. The SMILES string of the molecule is CCC[N+]1(CC)C(CC)=Nc2c(-c3ccc(Cl)cc3Cl)n[nH]c(=O)c21. The lowest BCUT2D eigenvalue weighted by Crippen LogP contribution is -2.54. The van der Waals surface area contributed by atoms with Gasteiger partial charge in [-0.15, -0.1) is 0 Å². The van der Waals surface area contributed by atoms with E-state index in [1.54, 1.807) is 12.1 Å². The highest BCUT2D eigenvalue weighted by Crippen LogP contribution is 2.45. The van der Waals surface area contributed by atoms with E-state index in [1.807, 2.05) is 6.07 Å². The van der Waals surface area contributed by atoms with Crippen LogP contribution in [0.3, 0.4) is 0 Å². The lowest BCUT2D eigenvalue weighted by molar-refractivity contribution is 0.426. The van der Waals surface area contributed by atoms with Gasteiger partial charge < -0.3 is 0 Å². The minimum absolute atomic E-state index is 0.189. The largest absolute Gasteiger partial charge is 0.328 e. The van der Waals surface area contributed by atoms with Crippen molar-refractivity contribution in [3.63, 3.8) is 0 Å². The van der Waals surface area contributed by atoms with E-state index in [0.717, 1.165) is 31.8 Å². The summed E-state index contributed by atoms with van der Waals surface area (Å²) in [6.45, 7) is 7.88. The number of quaternary nitrogens is 1. The van der Waals surface area contributed by atoms with E-state index in [2.05, 4.69) is 31.0 Å². The average molecular weight is 380 g/mol. The van der Waals surface area contributed by atoms with Crippen LogP contribution >= 0.6 is 23.2 Å². The predicted octanol–water partition coefficient (Wildman–Crippen LogP) is 4.93. The van der Waals surface area contributed by atoms with Gasteiger partial charge in [-0.2, -0.15) is 10.1 Å². The van der Waals surface area contributed by atoms with E-state index in [-0.39, 0.29) is 5.56 Å². The van der Waals surface area contributed by atoms with Crippen LogP contribution in [0.25, 0.3) is 11.3 Å². The molecule has 3 rings (SSSR count). The molecule has 1 aromatic carbocycles. The number of hydrogen-bond acceptors (Lipinski definition) is 3. The van der Waals surface area contributed by atoms with Crippen LogP contribution in [0, 0.1) is 0 Å². The zero-order chi connectivity index (χ0) is 18.2. The molecule has 0 saturated heterocycles. The number of aromatic nitrogens is 2. The second-order valence-electron chi connectivity index (χ2n) is 6.11. The number of benzene rings is 1. The molecule has 0 fully saturated rings. The Bertz CT molecular complexity index is 906. The molecule has 0 radical (unpaired) electrons. The number of hydrogen-bond donors (Lipinski definition) is 1. The van der Waals surface area contributed by atoms with Crippen LogP contribution in [-0.2, 0) is 0 Å². The molecule has 0 aliphatic carbocycles. The Kier molecular flexibility index (Phi) is 5.00. The summed E-state index contributed by atoms with van der Waals surface area (Å²) in [6, 6.07) is 5.24. The summed E-state index contributed by atoms with van der Waals surface area (Å²) in [4.78, 5) is 17.5. The van der Waals surface area contributed by atoms with Crippen LogP contribution < -0.4 is 10.0 Å². The van der Waals surface area contributed by atoms with Crippen LogP contribution in [0.15, 0.2) is 28.0 Å². The fraction of sp³-hybridized carbons (Fsp3) is 0.389. The lowest BCUT2D eigenvalue weighted by Gasteiger charge is -2.32. The molecule has 0 spiro atoms. The Hall–Kier alpha value is -1.69. The van der Waals surface area contributed by atoms with Gasteiger partial charge in [0.2, 0.25) is 11.5 Å². The molecule has 1 aliphatic heterocycles. The van der Waals surface area contributed by atoms with Crippen molar-refractivity contribution in [2.75, 3.05) is 13.1 Å². The van der Waals surface area contributed by atoms with Crippen molar-refractivity contribution in [1.82, 2.24) is 14.7 Å². The minimum Gasteiger partial charge on any atom is -0.261 e. The molecule has 0 bridgehead atoms. The summed E-state index contributed by atoms with van der Waals surface area (Å²) in [5.74, 6) is 0.990. The molecule has 1 unspecified atom stereocenters. The Morgan fingerprint density at radius 3 is 2.56 bits per heavy atom. The predicted molar refractivity (Wildman–Crippen MR) is 105 cm³/mol. The van der Waals surface area contributed by atoms with E-state index in [9.17, 15) is 4.79 Å². The monoisotopic (exact) mass is 379 g/mol. The first-order valence-corrected chi connectivity index (χ1v) is 9.28. The maximum absolute atomic E-state index is 12.7. The summed E-state index contributed by atoms with van der Waals surface area (Å²) in [5, 5.41) is 7.94. The van der Waals surface area contributed by atoms with Gasteiger partial charge in [0.1, 0.15) is 5.69 Å². The number of aromatic amines is 1. The number of nitrogens with zero attached hydrogens (tertiary/aromatic N) is 3. The lowest BCUT2D eigenvalue weighted by atomic mass is 10.1. The van der Waals surface area contributed by atoms with Gasteiger partial charge in [0.05, 0.1) is 18.1 Å². The standard InChI is InChI=1S/C18H20Cl2N4O/c1-4-9-24(6-3)14(5-2)21-16-15(22-23-18(25)17(16)24)12-8-7-11(19)10-13(12)20/h7-8,10H,4-6,9H2,1-3H3/p+1. The highest BCUT2D eigenvalue weighted by Gasteiger charge is 2.45. The number of H-pyrrole nitrogens is 1. The fourth-order valence-electron chi connectivity index (χ4n) is 3.66. The molecule has 0 amide bonds. The van der Waals surface area contributed by atoms with E-state index in [4.69, 9.17) is 28.2 Å². The third-order valence-corrected chi connectivity index (χ3v) is 5.29. The van der Waals surface area contributed by atoms with E-state index in [1.165, 1.54) is 0 Å². The zero-order valence-corrected chi connectivity index (χ0v) is 16.1. The normalized spacial score (nSPS) is 19.0. The molecular formula is C18H21Cl2N4O+. The molecule has 1 atom stereocenters. The van der Waals surface area contributed by atoms with Crippen molar-refractivity contribution in [2.45, 2.75) is 33.6 Å². The smallest absolute Gasteiger partial charge is 0.261 e. The Morgan fingerprint density at radius 1 is 1.20 bits per heavy atom. The first kappa shape index (κ1) is 18.1. The molecule has 2 heterocycles. The number of rotatable bonds is 5. The van der Waals surface area contributed by atoms with E-state index < -0.39 is 0 Å². The summed E-state index contributed by atoms with van der Waals surface area (Å²) in [7, 11) is 0. The quantitative estimate of drug-likeness (QED) is 0.748. The van der Waals surface area contributed by atoms with Crippen molar-refractivity contribution in [1.29, 1.82) is 0 Å². The third kappa shape index (κ3) is 2.80. The second-order valence-corrected chi connectivity index (χ2v) is 6.96. The molecule has 5 nitrogen and oxygen atoms in total. The molecule has 132 valence electrons. The highest BCUT2D eigenvalue weighted by atomic mass is 35.5. The van der Waals surface area contributed by atoms with Crippen molar-refractivity contribution < 1.29 is 0 Å². The molecule has 0 saturated carbocycles. The van der Waals surface area contributed by atoms with Crippen molar-refractivity contribution in [3.8, 4) is 11.3 Å². The van der Waals surface area contributed by atoms with Gasteiger partial charge in [-0.3, -0.25) is 4.79 Å². The Balaban J connectivity index is 2.32. The molecule has 25 heavy (non-hydrogen) atoms. The molecule has 1 N–H and O–H groups in total. The zero-order valence-electron chi connectivity index (χ0n) is 14.6. The maximum Gasteiger partial charge on any atom is 0.328 e. The van der Waals surface area contributed by atoms with Gasteiger partial charge in [0.25, 0.3) is 0 Å². The van der Waals surface area contributed by atoms with E-state index in [0.29, 0.717) is 37.2 Å². The number of halogens is 2. The Morgan fingerprint density at radius 2 is 1.96 bits per heavy atom. The van der Waals surface area contributed by atoms with Gasteiger partial charge in [-0.1, -0.05) is 37.0 Å². The van der Waals surface area contributed by atoms with Crippen LogP contribution in [-0.4, -0.2) is 29.1 Å². The summed E-state index contributed by atoms with van der Waals surface area (Å²) < 4.78 is 0.485. The molecule has 1 aliphatic rings. The van der Waals surface area contributed by atoms with Gasteiger partial charge in [-0.25, -0.2) is 9.58 Å². The number of fused-ring (bicyclic) bond motifs is 1. The first-order valence-electron chi connectivity index (χ1n) is 8.52. The molecule has 7 heteroatoms. The maximum atomic E-state index is 12.7. The third-order valence-electron chi connectivity index (χ3n) is 4.74. The van der Waals surface area contributed by atoms with Crippen LogP contribution in [0.1, 0.15) is 33.6 Å². The second kappa shape index (κ2) is 6.90. The van der Waals surface area contributed by atoms with E-state index >= 15 is 0 Å². The van der Waals surface area contributed by atoms with Crippen molar-refractivity contribution >= 4 is 40.4 Å². The van der Waals surface area contributed by atoms with Gasteiger partial charge in [-0.05, 0) is 31.5 Å². The molecule has 2 aromatic rings. The van der Waals surface area contributed by atoms with Crippen molar-refractivity contribution in [2.24, 2.45) is 4.99 Å². The van der Waals surface area contributed by atoms with Crippen molar-refractivity contribution in [3.05, 3.63) is 38.6 Å². The van der Waals surface area contributed by atoms with Crippen LogP contribution in [0.2, 0.25) is 10.0 Å². The summed E-state index contributed by atoms with van der Waals surface area (Å²) >= 11 is 12.4. The van der Waals surface area contributed by atoms with Gasteiger partial charge in [0.15, 0.2) is 5.69 Å². The minimum atomic E-state index is -0.189. The number of amidine groups is 1. The molecule has 1 aromatic heterocycles. The summed E-state index contributed by atoms with van der Waals surface area (Å²) in [6.07, 6.45) is 1.72. The fourth-order valence-corrected chi connectivity index (χ4v) is 4.16. The van der Waals surface area contributed by atoms with Crippen LogP contribution in [0.4, 0.5) is 11.4 Å². The molecular weight excluding hydrogens is 359 g/mol. The van der Waals surface area contributed by atoms with Gasteiger partial charge in [0, 0.05) is 17.0 Å². The average Bonchev–Trinajstić information content (AvgIpc) is 2.92. The Labute approximate surface area is 156 Å². The van der Waals surface area contributed by atoms with Gasteiger partial charge >= 0.3 is 5.56 Å². The van der Waals surface area contributed by atoms with Crippen LogP contribution in [0.5, 0.6) is 0 Å². The highest BCUT2D eigenvalue weighted by molar-refractivity contribution is 6.36. The number of nitrogens with one attached hydrogen (secondary N) is 1. The topological polar surface area (TPSA) is 58.1 Å².